The van der Waals surface area contributed by atoms with Gasteiger partial charge in [-0.1, -0.05) is 0 Å². The van der Waals surface area contributed by atoms with Gasteiger partial charge < -0.3 is 0 Å². The van der Waals surface area contributed by atoms with Crippen molar-refractivity contribution >= 4 is 35.5 Å². The quantitative estimate of drug-likeness (QED) is 0.153. The number of rotatable bonds is 8. The molecule has 0 saturated heterocycles. The average Bonchev–Trinajstić information content (AvgIpc) is 3.22. The van der Waals surface area contributed by atoms with Crippen LogP contribution in [-0.2, 0) is 10.8 Å². The van der Waals surface area contributed by atoms with E-state index in [-0.39, 0.29) is 0 Å². The fraction of sp³-hybridized carbons (Fsp3) is 0. The molecule has 0 radical (unpaired) electrons. The summed E-state index contributed by atoms with van der Waals surface area (Å²) in [6, 6.07) is 56.4. The normalized spacial score (nSPS) is 12.8. The summed E-state index contributed by atoms with van der Waals surface area (Å²) in [6.45, 7) is 0. The third kappa shape index (κ3) is 5.08. The molecule has 251 valence electrons. The summed E-state index contributed by atoms with van der Waals surface area (Å²) in [5.41, 5.74) is 6.33. The van der Waals surface area contributed by atoms with Crippen LogP contribution in [0.2, 0.25) is 0 Å². The van der Waals surface area contributed by atoms with Crippen LogP contribution < -0.4 is 16.3 Å². The fourth-order valence-corrected chi connectivity index (χ4v) is 30.3. The summed E-state index contributed by atoms with van der Waals surface area (Å²) in [6.07, 6.45) is 7.20. The van der Waals surface area contributed by atoms with Crippen molar-refractivity contribution in [2.45, 2.75) is 0 Å². The maximum atomic E-state index is 9.42. The van der Waals surface area contributed by atoms with Gasteiger partial charge in [0, 0.05) is 0 Å². The Labute approximate surface area is 304 Å². The minimum absolute atomic E-state index is 0.754. The van der Waals surface area contributed by atoms with Crippen LogP contribution in [0.25, 0.3) is 45.0 Å². The van der Waals surface area contributed by atoms with Crippen LogP contribution in [0.3, 0.4) is 0 Å². The molecule has 0 bridgehead atoms. The van der Waals surface area contributed by atoms with Gasteiger partial charge in [0.05, 0.1) is 0 Å². The molecule has 4 aromatic heterocycles. The first-order chi connectivity index (χ1) is 25.0. The first kappa shape index (κ1) is 32.9. The molecule has 0 fully saturated rings. The Morgan fingerprint density at radius 2 is 0.490 bits per heavy atom. The zero-order valence-corrected chi connectivity index (χ0v) is 31.3. The van der Waals surface area contributed by atoms with Crippen LogP contribution in [0, 0.1) is 0 Å². The molecule has 0 saturated carbocycles. The molecule has 0 N–H and O–H groups in total. The molecule has 0 unspecified atom stereocenters. The molecule has 4 aromatic carbocycles. The Kier molecular flexibility index (Phi) is 8.25. The number of pyridine rings is 4. The van der Waals surface area contributed by atoms with Crippen LogP contribution >= 0.6 is 19.2 Å². The first-order valence-electron chi connectivity index (χ1n) is 16.3. The van der Waals surface area contributed by atoms with Gasteiger partial charge in [-0.3, -0.25) is 0 Å². The van der Waals surface area contributed by atoms with Gasteiger partial charge in [-0.05, 0) is 0 Å². The van der Waals surface area contributed by atoms with Crippen LogP contribution in [0.5, 0.6) is 0 Å². The van der Waals surface area contributed by atoms with Gasteiger partial charge in [0.2, 0.25) is 0 Å². The van der Waals surface area contributed by atoms with Crippen molar-refractivity contribution in [3.63, 3.8) is 0 Å². The van der Waals surface area contributed by atoms with Gasteiger partial charge in [-0.2, -0.15) is 0 Å². The zero-order valence-electron chi connectivity index (χ0n) is 27.4. The molecule has 4 nitrogen and oxygen atoms in total. The minimum atomic E-state index is -6.86. The van der Waals surface area contributed by atoms with Gasteiger partial charge in [-0.25, -0.2) is 0 Å². The molecule has 0 atom stereocenters. The van der Waals surface area contributed by atoms with E-state index >= 15 is 0 Å². The monoisotopic (exact) mass is 879 g/mol. The van der Waals surface area contributed by atoms with Crippen LogP contribution in [0.15, 0.2) is 195 Å². The molecule has 4 heterocycles. The van der Waals surface area contributed by atoms with E-state index in [9.17, 15) is 19.2 Å². The SMILES string of the molecule is [Cl][Ir]([Cl])([c]1ccccc1-c1ccccn1)([c]1ccccc1-c1ccccn1)([c]1ccccc1-c1ccccn1)[c]1ccccc1-c1ccccn1. The molecule has 51 heavy (non-hydrogen) atoms. The van der Waals surface area contributed by atoms with E-state index in [1.807, 2.05) is 121 Å². The van der Waals surface area contributed by atoms with E-state index in [4.69, 9.17) is 19.9 Å². The van der Waals surface area contributed by atoms with Gasteiger partial charge in [0.25, 0.3) is 0 Å². The topological polar surface area (TPSA) is 51.6 Å². The first-order valence-corrected chi connectivity index (χ1v) is 27.0. The number of aromatic nitrogens is 4. The summed E-state index contributed by atoms with van der Waals surface area (Å²) >= 11 is 0. The van der Waals surface area contributed by atoms with E-state index in [2.05, 4.69) is 48.5 Å². The van der Waals surface area contributed by atoms with Gasteiger partial charge >= 0.3 is 306 Å². The number of hydrogen-bond donors (Lipinski definition) is 0. The summed E-state index contributed by atoms with van der Waals surface area (Å²) in [5, 5.41) is 0. The van der Waals surface area contributed by atoms with Crippen molar-refractivity contribution in [1.82, 2.24) is 19.9 Å². The van der Waals surface area contributed by atoms with E-state index in [0.717, 1.165) is 61.3 Å². The van der Waals surface area contributed by atoms with Crippen molar-refractivity contribution in [2.24, 2.45) is 0 Å². The predicted molar refractivity (Wildman–Crippen MR) is 209 cm³/mol. The van der Waals surface area contributed by atoms with E-state index < -0.39 is 10.8 Å². The van der Waals surface area contributed by atoms with Crippen LogP contribution in [0.1, 0.15) is 0 Å². The second-order valence-corrected chi connectivity index (χ2v) is 35.8. The van der Waals surface area contributed by atoms with Crippen molar-refractivity contribution in [3.05, 3.63) is 195 Å². The summed E-state index contributed by atoms with van der Waals surface area (Å²) in [4.78, 5) is 19.5. The Hall–Kier alpha value is -5.29. The van der Waals surface area contributed by atoms with Gasteiger partial charge in [0.15, 0.2) is 0 Å². The maximum absolute atomic E-state index is 9.42. The van der Waals surface area contributed by atoms with Crippen molar-refractivity contribution in [1.29, 1.82) is 0 Å². The Balaban J connectivity index is 1.72. The summed E-state index contributed by atoms with van der Waals surface area (Å²) in [7, 11) is 12.0. The van der Waals surface area contributed by atoms with Gasteiger partial charge in [0.1, 0.15) is 0 Å². The van der Waals surface area contributed by atoms with Crippen molar-refractivity contribution in [3.8, 4) is 45.0 Å². The molecule has 8 aromatic rings. The van der Waals surface area contributed by atoms with Crippen molar-refractivity contribution < 1.29 is 10.8 Å². The van der Waals surface area contributed by atoms with Crippen LogP contribution in [0.4, 0.5) is 0 Å². The fourth-order valence-electron chi connectivity index (χ4n) is 6.60. The van der Waals surface area contributed by atoms with E-state index in [0.29, 0.717) is 0 Å². The van der Waals surface area contributed by atoms with Crippen LogP contribution in [-0.4, -0.2) is 19.9 Å². The van der Waals surface area contributed by atoms with E-state index in [1.165, 1.54) is 0 Å². The standard InChI is InChI=1S/4C11H8N.2ClH.Ir/c4*1-2-6-10(7-3-1)11-8-4-5-9-12-11;;;/h4*1-6,8-9H;2*1H;/q;;;;;;+2/p-2. The summed E-state index contributed by atoms with van der Waals surface area (Å²) in [5.74, 6) is 0. The third-order valence-corrected chi connectivity index (χ3v) is 33.5. The number of halogens is 2. The molecular formula is C44H32Cl2IrN4. The number of nitrogens with zero attached hydrogens (tertiary/aromatic N) is 4. The van der Waals surface area contributed by atoms with Crippen molar-refractivity contribution in [2.75, 3.05) is 0 Å². The Morgan fingerprint density at radius 3 is 0.706 bits per heavy atom. The predicted octanol–water partition coefficient (Wildman–Crippen LogP) is 9.07. The molecule has 0 aliphatic rings. The molecule has 0 amide bonds. The second-order valence-electron chi connectivity index (χ2n) is 11.7. The molecule has 0 aliphatic carbocycles. The Morgan fingerprint density at radius 1 is 0.275 bits per heavy atom. The average molecular weight is 880 g/mol. The number of hydrogen-bond acceptors (Lipinski definition) is 4. The molecular weight excluding hydrogens is 848 g/mol. The zero-order chi connectivity index (χ0) is 34.8. The molecule has 0 spiro atoms. The molecule has 8 rings (SSSR count). The second kappa shape index (κ2) is 12.8. The Bertz CT molecular complexity index is 2140. The van der Waals surface area contributed by atoms with Gasteiger partial charge in [-0.15, -0.1) is 0 Å². The van der Waals surface area contributed by atoms with E-state index in [1.54, 1.807) is 24.8 Å². The molecule has 0 aliphatic heterocycles. The number of benzene rings is 4. The molecule has 7 heteroatoms. The summed E-state index contributed by atoms with van der Waals surface area (Å²) < 4.78 is 3.09. The third-order valence-electron chi connectivity index (χ3n) is 8.80.